The lowest BCUT2D eigenvalue weighted by Crippen LogP contribution is -2.32. The minimum Gasteiger partial charge on any atom is -0.326 e. The Morgan fingerprint density at radius 3 is 1.90 bits per heavy atom. The zero-order valence-corrected chi connectivity index (χ0v) is 17.0. The topological polar surface area (TPSA) is 75.3 Å². The van der Waals surface area contributed by atoms with Crippen LogP contribution in [0.25, 0.3) is 0 Å². The van der Waals surface area contributed by atoms with Crippen LogP contribution in [0.15, 0.2) is 48.5 Å². The second-order valence-corrected chi connectivity index (χ2v) is 7.71. The van der Waals surface area contributed by atoms with Crippen molar-refractivity contribution in [2.45, 2.75) is 46.0 Å². The van der Waals surface area contributed by atoms with Crippen molar-refractivity contribution < 1.29 is 14.4 Å². The Labute approximate surface area is 171 Å². The van der Waals surface area contributed by atoms with E-state index in [0.717, 1.165) is 12.1 Å². The normalized spacial score (nSPS) is 18.7. The van der Waals surface area contributed by atoms with Crippen molar-refractivity contribution in [2.75, 3.05) is 10.6 Å². The summed E-state index contributed by atoms with van der Waals surface area (Å²) < 4.78 is 0. The number of aryl methyl sites for hydroxylation is 1. The van der Waals surface area contributed by atoms with E-state index in [1.54, 1.807) is 24.3 Å². The van der Waals surface area contributed by atoms with Crippen molar-refractivity contribution in [3.8, 4) is 0 Å². The van der Waals surface area contributed by atoms with E-state index in [0.29, 0.717) is 36.9 Å². The third-order valence-electron chi connectivity index (χ3n) is 5.64. The van der Waals surface area contributed by atoms with Crippen LogP contribution < -0.4 is 10.6 Å². The van der Waals surface area contributed by atoms with Crippen molar-refractivity contribution >= 4 is 29.0 Å². The molecule has 0 spiro atoms. The van der Waals surface area contributed by atoms with Gasteiger partial charge in [0.05, 0.1) is 0 Å². The van der Waals surface area contributed by atoms with Crippen molar-refractivity contribution in [1.29, 1.82) is 0 Å². The molecule has 5 heteroatoms. The molecule has 1 saturated carbocycles. The molecular weight excluding hydrogens is 364 g/mol. The number of nitrogens with one attached hydrogen (secondary N) is 2. The number of rotatable bonds is 6. The van der Waals surface area contributed by atoms with Crippen LogP contribution >= 0.6 is 0 Å². The summed E-state index contributed by atoms with van der Waals surface area (Å²) in [5.41, 5.74) is 3.27. The molecule has 0 radical (unpaired) electrons. The zero-order valence-electron chi connectivity index (χ0n) is 17.0. The van der Waals surface area contributed by atoms with Crippen molar-refractivity contribution in [3.05, 3.63) is 59.7 Å². The molecule has 0 aromatic heterocycles. The highest BCUT2D eigenvalue weighted by molar-refractivity contribution is 5.98. The first-order valence-corrected chi connectivity index (χ1v) is 10.3. The third kappa shape index (κ3) is 5.53. The lowest BCUT2D eigenvalue weighted by molar-refractivity contribution is -0.125. The quantitative estimate of drug-likeness (QED) is 0.691. The van der Waals surface area contributed by atoms with Gasteiger partial charge in [0.25, 0.3) is 0 Å². The number of hydrogen-bond donors (Lipinski definition) is 2. The van der Waals surface area contributed by atoms with Crippen LogP contribution in [-0.2, 0) is 16.0 Å². The van der Waals surface area contributed by atoms with E-state index in [9.17, 15) is 14.4 Å². The second kappa shape index (κ2) is 9.50. The molecule has 0 bridgehead atoms. The van der Waals surface area contributed by atoms with E-state index < -0.39 is 0 Å². The molecular formula is C24H28N2O3. The number of anilines is 2. The molecule has 29 heavy (non-hydrogen) atoms. The molecule has 2 aromatic carbocycles. The van der Waals surface area contributed by atoms with E-state index in [1.165, 1.54) is 12.5 Å². The minimum atomic E-state index is -0.108. The standard InChI is InChI=1S/C24H28N2O3/c1-3-17-7-13-21(14-8-17)25-23(28)18-9-11-19(12-10-18)24(29)26-22-6-4-5-20(15-22)16(2)27/h4-8,13-15,18-19H,3,9-12H2,1-2H3,(H,25,28)(H,26,29). The van der Waals surface area contributed by atoms with E-state index in [1.807, 2.05) is 24.3 Å². The number of benzene rings is 2. The Morgan fingerprint density at radius 1 is 0.828 bits per heavy atom. The van der Waals surface area contributed by atoms with Crippen molar-refractivity contribution in [2.24, 2.45) is 11.8 Å². The largest absolute Gasteiger partial charge is 0.326 e. The summed E-state index contributed by atoms with van der Waals surface area (Å²) in [6, 6.07) is 14.9. The van der Waals surface area contributed by atoms with Crippen LogP contribution in [0.2, 0.25) is 0 Å². The monoisotopic (exact) mass is 392 g/mol. The lowest BCUT2D eigenvalue weighted by atomic mass is 9.81. The maximum atomic E-state index is 12.6. The predicted molar refractivity (Wildman–Crippen MR) is 115 cm³/mol. The number of Topliss-reactive ketones (excluding diaryl/α,β-unsaturated/α-hetero) is 1. The molecule has 1 aliphatic carbocycles. The molecule has 1 fully saturated rings. The van der Waals surface area contributed by atoms with Gasteiger partial charge in [-0.3, -0.25) is 14.4 Å². The van der Waals surface area contributed by atoms with Crippen LogP contribution in [0.3, 0.4) is 0 Å². The van der Waals surface area contributed by atoms with Gasteiger partial charge in [-0.25, -0.2) is 0 Å². The van der Waals surface area contributed by atoms with E-state index in [-0.39, 0.29) is 29.4 Å². The number of carbonyl (C=O) groups is 3. The summed E-state index contributed by atoms with van der Waals surface area (Å²) in [7, 11) is 0. The third-order valence-corrected chi connectivity index (χ3v) is 5.64. The van der Waals surface area contributed by atoms with Gasteiger partial charge < -0.3 is 10.6 Å². The highest BCUT2D eigenvalue weighted by atomic mass is 16.2. The van der Waals surface area contributed by atoms with Crippen LogP contribution in [-0.4, -0.2) is 17.6 Å². The summed E-state index contributed by atoms with van der Waals surface area (Å²) in [4.78, 5) is 36.6. The minimum absolute atomic E-state index is 0.0299. The van der Waals surface area contributed by atoms with E-state index >= 15 is 0 Å². The fourth-order valence-corrected chi connectivity index (χ4v) is 3.75. The Balaban J connectivity index is 1.50. The fourth-order valence-electron chi connectivity index (χ4n) is 3.75. The summed E-state index contributed by atoms with van der Waals surface area (Å²) in [5, 5.41) is 5.90. The first kappa shape index (κ1) is 20.8. The van der Waals surface area contributed by atoms with Crippen molar-refractivity contribution in [3.63, 3.8) is 0 Å². The van der Waals surface area contributed by atoms with Crippen LogP contribution in [0.1, 0.15) is 55.5 Å². The SMILES string of the molecule is CCc1ccc(NC(=O)C2CCC(C(=O)Nc3cccc(C(C)=O)c3)CC2)cc1. The molecule has 2 N–H and O–H groups in total. The molecule has 0 heterocycles. The van der Waals surface area contributed by atoms with E-state index in [2.05, 4.69) is 17.6 Å². The average Bonchev–Trinajstić information content (AvgIpc) is 2.74. The van der Waals surface area contributed by atoms with Gasteiger partial charge in [-0.1, -0.05) is 31.2 Å². The van der Waals surface area contributed by atoms with Gasteiger partial charge in [0, 0.05) is 28.8 Å². The molecule has 0 saturated heterocycles. The Morgan fingerprint density at radius 2 is 1.38 bits per heavy atom. The molecule has 0 atom stereocenters. The number of carbonyl (C=O) groups excluding carboxylic acids is 3. The van der Waals surface area contributed by atoms with Gasteiger partial charge in [0.15, 0.2) is 5.78 Å². The van der Waals surface area contributed by atoms with Gasteiger partial charge in [-0.15, -0.1) is 0 Å². The molecule has 2 amide bonds. The molecule has 5 nitrogen and oxygen atoms in total. The molecule has 1 aliphatic rings. The Hall–Kier alpha value is -2.95. The van der Waals surface area contributed by atoms with Crippen LogP contribution in [0, 0.1) is 11.8 Å². The second-order valence-electron chi connectivity index (χ2n) is 7.71. The van der Waals surface area contributed by atoms with Crippen LogP contribution in [0.4, 0.5) is 11.4 Å². The highest BCUT2D eigenvalue weighted by Crippen LogP contribution is 2.30. The highest BCUT2D eigenvalue weighted by Gasteiger charge is 2.30. The first-order chi connectivity index (χ1) is 14.0. The number of ketones is 1. The summed E-state index contributed by atoms with van der Waals surface area (Å²) in [6.45, 7) is 3.60. The van der Waals surface area contributed by atoms with Gasteiger partial charge in [-0.05, 0) is 68.9 Å². The zero-order chi connectivity index (χ0) is 20.8. The fraction of sp³-hybridized carbons (Fsp3) is 0.375. The average molecular weight is 392 g/mol. The molecule has 3 rings (SSSR count). The van der Waals surface area contributed by atoms with Crippen LogP contribution in [0.5, 0.6) is 0 Å². The summed E-state index contributed by atoms with van der Waals surface area (Å²) in [6.07, 6.45) is 3.74. The summed E-state index contributed by atoms with van der Waals surface area (Å²) >= 11 is 0. The number of amides is 2. The summed E-state index contributed by atoms with van der Waals surface area (Å²) in [5.74, 6) is -0.214. The Bertz CT molecular complexity index is 881. The maximum Gasteiger partial charge on any atom is 0.227 e. The van der Waals surface area contributed by atoms with Gasteiger partial charge in [0.1, 0.15) is 0 Å². The smallest absolute Gasteiger partial charge is 0.227 e. The molecule has 152 valence electrons. The van der Waals surface area contributed by atoms with Crippen molar-refractivity contribution in [1.82, 2.24) is 0 Å². The maximum absolute atomic E-state index is 12.6. The molecule has 2 aromatic rings. The molecule has 0 unspecified atom stereocenters. The van der Waals surface area contributed by atoms with Gasteiger partial charge in [-0.2, -0.15) is 0 Å². The number of hydrogen-bond acceptors (Lipinski definition) is 3. The van der Waals surface area contributed by atoms with Gasteiger partial charge in [0.2, 0.25) is 11.8 Å². The first-order valence-electron chi connectivity index (χ1n) is 10.3. The van der Waals surface area contributed by atoms with Gasteiger partial charge >= 0.3 is 0 Å². The predicted octanol–water partition coefficient (Wildman–Crippen LogP) is 4.84. The lowest BCUT2D eigenvalue weighted by Gasteiger charge is -2.27. The van der Waals surface area contributed by atoms with E-state index in [4.69, 9.17) is 0 Å². The Kier molecular flexibility index (Phi) is 6.81. The molecule has 0 aliphatic heterocycles.